The Morgan fingerprint density at radius 2 is 1.10 bits per heavy atom. The zero-order valence-corrected chi connectivity index (χ0v) is 50.1. The van der Waals surface area contributed by atoms with Gasteiger partial charge in [0.1, 0.15) is 5.16 Å². The number of aryl methyl sites for hydroxylation is 1. The van der Waals surface area contributed by atoms with Crippen molar-refractivity contribution in [3.8, 4) is 5.88 Å². The molecule has 3 unspecified atom stereocenters. The highest BCUT2D eigenvalue weighted by Gasteiger charge is 2.60. The van der Waals surface area contributed by atoms with Crippen LogP contribution in [0.3, 0.4) is 0 Å². The van der Waals surface area contributed by atoms with Crippen molar-refractivity contribution in [1.82, 2.24) is 46.1 Å². The predicted molar refractivity (Wildman–Crippen MR) is 275 cm³/mol. The molecule has 0 saturated carbocycles. The Hall–Kier alpha value is -2.60. The average molecular weight is 1250 g/mol. The minimum Gasteiger partial charge on any atom is -0.485 e. The van der Waals surface area contributed by atoms with Crippen LogP contribution in [-0.4, -0.2) is 179 Å². The van der Waals surface area contributed by atoms with Gasteiger partial charge in [-0.15, -0.1) is 62.0 Å². The molecule has 3 aromatic heterocycles. The smallest absolute Gasteiger partial charge is 0.485 e. The number of allylic oxidation sites excluding steroid dienone is 5. The molecule has 0 aromatic carbocycles. The molecule has 0 aliphatic carbocycles. The zero-order chi connectivity index (χ0) is 55.5. The largest absolute Gasteiger partial charge is 0.561 e. The van der Waals surface area contributed by atoms with E-state index in [1.54, 1.807) is 6.92 Å². The first-order chi connectivity index (χ1) is 33.9. The average Bonchev–Trinajstić information content (AvgIpc) is 3.28. The number of aromatic nitrogens is 8. The van der Waals surface area contributed by atoms with E-state index >= 15 is 0 Å². The second-order valence-corrected chi connectivity index (χ2v) is 34.2. The van der Waals surface area contributed by atoms with Crippen molar-refractivity contribution in [1.29, 1.82) is 0 Å². The number of carbonyl (C=O) groups excluding carboxylic acids is 1. The number of nitrogens with zero attached hydrogens (tertiary/aromatic N) is 8. The first-order valence-electron chi connectivity index (χ1n) is 20.5. The van der Waals surface area contributed by atoms with Gasteiger partial charge in [-0.25, -0.2) is 0 Å². The lowest BCUT2D eigenvalue weighted by Gasteiger charge is -2.39. The number of nitrogens with one attached hydrogen (secondary N) is 1. The summed E-state index contributed by atoms with van der Waals surface area (Å²) in [7, 11) is -27.1. The first kappa shape index (κ1) is 66.5. The molecule has 3 atom stereocenters. The van der Waals surface area contributed by atoms with Crippen molar-refractivity contribution in [2.45, 2.75) is 55.7 Å². The number of Topliss-reactive ketones (excluding diaryl/α,β-unsaturated/α-hetero) is 1. The van der Waals surface area contributed by atoms with Crippen LogP contribution < -0.4 is 9.74 Å². The maximum absolute atomic E-state index is 12.5. The van der Waals surface area contributed by atoms with Crippen LogP contribution in [-0.2, 0) is 46.6 Å². The van der Waals surface area contributed by atoms with Gasteiger partial charge in [0.25, 0.3) is 10.6 Å². The van der Waals surface area contributed by atoms with E-state index in [-0.39, 0.29) is 92.0 Å². The van der Waals surface area contributed by atoms with Gasteiger partial charge in [0.2, 0.25) is 5.88 Å². The predicted octanol–water partition coefficient (Wildman–Crippen LogP) is 0.949. The number of halogens is 5. The molecule has 4 heterocycles. The van der Waals surface area contributed by atoms with Gasteiger partial charge in [-0.3, -0.25) is 4.79 Å². The summed E-state index contributed by atoms with van der Waals surface area (Å²) in [6.45, 7) is 15.3. The highest BCUT2D eigenvalue weighted by atomic mass is 35.5. The van der Waals surface area contributed by atoms with Crippen molar-refractivity contribution in [3.05, 3.63) is 111 Å². The zero-order valence-electron chi connectivity index (χ0n) is 39.3. The Bertz CT molecular complexity index is 2340. The topological polar surface area (TPSA) is 388 Å². The van der Waals surface area contributed by atoms with Gasteiger partial charge in [0, 0.05) is 70.1 Å². The summed E-state index contributed by atoms with van der Waals surface area (Å²) in [5.41, 5.74) is 0.949. The van der Waals surface area contributed by atoms with E-state index < -0.39 is 73.7 Å². The summed E-state index contributed by atoms with van der Waals surface area (Å²) in [6, 6.07) is 0.296. The molecule has 0 spiro atoms. The van der Waals surface area contributed by atoms with E-state index in [0.717, 1.165) is 7.11 Å². The molecule has 10 N–H and O–H groups in total. The second-order valence-electron chi connectivity index (χ2n) is 14.9. The summed E-state index contributed by atoms with van der Waals surface area (Å²) < 4.78 is 44.6. The van der Waals surface area contributed by atoms with Gasteiger partial charge < -0.3 is 82.6 Å². The first-order valence-corrected chi connectivity index (χ1v) is 36.3. The number of hydrogen-bond acceptors (Lipinski definition) is 27. The molecule has 0 fully saturated rings. The molecule has 1 aliphatic rings. The van der Waals surface area contributed by atoms with Crippen molar-refractivity contribution in [2.75, 3.05) is 27.9 Å². The molecule has 39 heteroatoms. The van der Waals surface area contributed by atoms with Crippen LogP contribution in [0.15, 0.2) is 73.5 Å². The third-order valence-electron chi connectivity index (χ3n) is 8.83. The van der Waals surface area contributed by atoms with Crippen LogP contribution in [0.4, 0.5) is 0 Å². The van der Waals surface area contributed by atoms with Crippen LogP contribution in [0.1, 0.15) is 23.2 Å². The lowest BCUT2D eigenvalue weighted by atomic mass is 10.1. The number of ketones is 1. The van der Waals surface area contributed by atoms with Crippen LogP contribution in [0, 0.1) is 6.92 Å². The lowest BCUT2D eigenvalue weighted by Crippen LogP contribution is -2.66. The Labute approximate surface area is 451 Å². The summed E-state index contributed by atoms with van der Waals surface area (Å²) >= 11 is 29.3. The minimum atomic E-state index is -5.13. The van der Waals surface area contributed by atoms with E-state index in [0.29, 0.717) is 11.3 Å². The van der Waals surface area contributed by atoms with Crippen molar-refractivity contribution in [3.63, 3.8) is 0 Å². The summed E-state index contributed by atoms with van der Waals surface area (Å²) in [4.78, 5) is 106. The highest BCUT2D eigenvalue weighted by Crippen LogP contribution is 2.34. The van der Waals surface area contributed by atoms with Crippen LogP contribution in [0.5, 0.6) is 5.88 Å². The number of carbonyl (C=O) groups is 1. The Morgan fingerprint density at radius 1 is 0.589 bits per heavy atom. The molecule has 1 aliphatic heterocycles. The fourth-order valence-electron chi connectivity index (χ4n) is 5.70. The molecule has 0 radical (unpaired) electrons. The molecule has 406 valence electrons. The van der Waals surface area contributed by atoms with Crippen LogP contribution >= 0.6 is 58.0 Å². The molecule has 27 nitrogen and oxygen atoms in total. The molecule has 0 amide bonds. The maximum Gasteiger partial charge on any atom is 0.561 e. The van der Waals surface area contributed by atoms with Crippen molar-refractivity contribution in [2.24, 2.45) is 0 Å². The van der Waals surface area contributed by atoms with E-state index in [9.17, 15) is 28.8 Å². The Kier molecular flexibility index (Phi) is 27.1. The Morgan fingerprint density at radius 3 is 1.59 bits per heavy atom. The minimum absolute atomic E-state index is 0.00519. The molecule has 4 rings (SSSR count). The standard InChI is InChI=1S/C26H40Cl3N5O13Si5.C6H14O5Si2.C2Cl2N4/c1-7-9-48(36,37)45-52(43-6,10-8-2)47-51(40,17-21-12-23(27)32-34-26(21)29)46-50(39,16-20-11-22(35)14-30-25(20)28)44-24-13-19(18(3)31-33-24)15-49(38,41-4)42-5;1-3-5-12(7,8)11-13(9,10)6-4-2;3-1-5-7-2(4)8-6-1/h7-8,12-13,30,36-40H,1-2,9-11,14-17H2,3-6H3;3-4,7-10H,1-2,5-6H2;. The van der Waals surface area contributed by atoms with E-state index in [4.69, 9.17) is 107 Å². The monoisotopic (exact) mass is 1250 g/mol. The number of hydrogen-bond donors (Lipinski definition) is 10. The van der Waals surface area contributed by atoms with Crippen molar-refractivity contribution >= 4 is 125 Å². The molecule has 3 aromatic rings. The maximum atomic E-state index is 12.5. The van der Waals surface area contributed by atoms with Gasteiger partial charge in [-0.2, -0.15) is 5.10 Å². The van der Waals surface area contributed by atoms with Gasteiger partial charge in [0.15, 0.2) is 16.1 Å². The van der Waals surface area contributed by atoms with Crippen molar-refractivity contribution < 1.29 is 82.1 Å². The van der Waals surface area contributed by atoms with E-state index in [2.05, 4.69) is 76.5 Å². The fraction of sp³-hybridized carbons (Fsp3) is 0.382. The summed E-state index contributed by atoms with van der Waals surface area (Å²) in [6.07, 6.45) is 4.82. The molecule has 0 bridgehead atoms. The second kappa shape index (κ2) is 29.8. The summed E-state index contributed by atoms with van der Waals surface area (Å²) in [5, 5.41) is 31.1. The normalized spacial score (nSPS) is 15.7. The van der Waals surface area contributed by atoms with E-state index in [1.807, 2.05) is 0 Å². The molecule has 0 saturated heterocycles. The lowest BCUT2D eigenvalue weighted by molar-refractivity contribution is -0.117. The third-order valence-corrected chi connectivity index (χ3v) is 28.5. The van der Waals surface area contributed by atoms with Gasteiger partial charge in [-0.1, -0.05) is 59.1 Å². The SMILES string of the molecule is C=CC[Si](O)(O)O[Si](CC=C)(OC)O[Si](O)(Cc1cc(Cl)nnc1Cl)O[Si](O)(CC1=C(Cl)NCC(=O)C1)Oc1cc(C[Si](O)(OC)OC)c(C)nn1.C=CC[Si](O)(O)O[Si](O)(O)CC=C.Clc1nnc(Cl)nn1. The fourth-order valence-corrected chi connectivity index (χ4v) is 24.1. The molecular weight excluding hydrogens is 1200 g/mol. The highest BCUT2D eigenvalue weighted by molar-refractivity contribution is 6.83. The van der Waals surface area contributed by atoms with Crippen LogP contribution in [0.25, 0.3) is 0 Å². The van der Waals surface area contributed by atoms with Gasteiger partial charge >= 0.3 is 61.6 Å². The Balaban J connectivity index is 0.000000714. The molecular formula is C34H54Cl5N9O18Si7. The molecule has 73 heavy (non-hydrogen) atoms. The quantitative estimate of drug-likeness (QED) is 0.0288. The van der Waals surface area contributed by atoms with Crippen LogP contribution in [0.2, 0.25) is 51.1 Å². The summed E-state index contributed by atoms with van der Waals surface area (Å²) in [5.74, 6) is -0.599. The van der Waals surface area contributed by atoms with E-state index in [1.165, 1.54) is 50.7 Å². The van der Waals surface area contributed by atoms with Gasteiger partial charge in [0.05, 0.1) is 18.3 Å². The third kappa shape index (κ3) is 23.7. The number of rotatable bonds is 27. The van der Waals surface area contributed by atoms with Gasteiger partial charge in [-0.05, 0) is 52.9 Å².